The van der Waals surface area contributed by atoms with Crippen LogP contribution in [0.25, 0.3) is 11.4 Å². The highest BCUT2D eigenvalue weighted by molar-refractivity contribution is 5.81. The Kier molecular flexibility index (Phi) is 3.77. The Labute approximate surface area is 143 Å². The number of aromatic nitrogens is 4. The van der Waals surface area contributed by atoms with Gasteiger partial charge < -0.3 is 14.8 Å². The number of amides is 1. The largest absolute Gasteiger partial charge is 0.442 e. The van der Waals surface area contributed by atoms with Crippen LogP contribution < -0.4 is 14.8 Å². The van der Waals surface area contributed by atoms with Crippen LogP contribution in [0.3, 0.4) is 0 Å². The molecular formula is C17H15N5O3. The van der Waals surface area contributed by atoms with Gasteiger partial charge in [0.05, 0.1) is 6.04 Å². The Morgan fingerprint density at radius 3 is 2.64 bits per heavy atom. The van der Waals surface area contributed by atoms with Crippen molar-refractivity contribution in [3.63, 3.8) is 0 Å². The minimum absolute atomic E-state index is 0.386. The molecule has 2 N–H and O–H groups in total. The van der Waals surface area contributed by atoms with Gasteiger partial charge in [0.15, 0.2) is 17.3 Å². The van der Waals surface area contributed by atoms with E-state index in [2.05, 4.69) is 25.5 Å². The summed E-state index contributed by atoms with van der Waals surface area (Å²) in [5.74, 6) is 1.76. The van der Waals surface area contributed by atoms with E-state index in [4.69, 9.17) is 9.47 Å². The van der Waals surface area contributed by atoms with Crippen LogP contribution in [0.1, 0.15) is 18.8 Å². The molecule has 126 valence electrons. The second kappa shape index (κ2) is 6.23. The highest BCUT2D eigenvalue weighted by atomic mass is 16.7. The zero-order valence-corrected chi connectivity index (χ0v) is 13.3. The van der Waals surface area contributed by atoms with Crippen molar-refractivity contribution < 1.29 is 14.3 Å². The average molecular weight is 337 g/mol. The van der Waals surface area contributed by atoms with Gasteiger partial charge in [0.1, 0.15) is 5.82 Å². The molecule has 1 atom stereocenters. The van der Waals surface area contributed by atoms with E-state index >= 15 is 0 Å². The molecule has 3 aromatic rings. The monoisotopic (exact) mass is 337 g/mol. The van der Waals surface area contributed by atoms with Crippen LogP contribution in [0, 0.1) is 0 Å². The molecule has 0 spiro atoms. The molecule has 0 radical (unpaired) electrons. The number of para-hydroxylation sites is 2. The minimum atomic E-state index is -1.01. The second-order valence-corrected chi connectivity index (χ2v) is 5.53. The molecule has 1 amide bonds. The number of benzene rings is 1. The number of H-pyrrole nitrogens is 1. The molecule has 3 heterocycles. The summed E-state index contributed by atoms with van der Waals surface area (Å²) in [4.78, 5) is 20.8. The molecule has 0 aliphatic carbocycles. The van der Waals surface area contributed by atoms with Crippen LogP contribution in [0.4, 0.5) is 0 Å². The van der Waals surface area contributed by atoms with Gasteiger partial charge >= 0.3 is 12.2 Å². The number of aromatic amines is 1. The average Bonchev–Trinajstić information content (AvgIpc) is 3.29. The Morgan fingerprint density at radius 2 is 1.96 bits per heavy atom. The summed E-state index contributed by atoms with van der Waals surface area (Å²) < 4.78 is 11.0. The SMILES string of the molecule is C[C@@H](NC(=O)C1Oc2ccccc2O1)c1nc(-c2cccnc2)n[nH]1. The van der Waals surface area contributed by atoms with Crippen molar-refractivity contribution in [1.29, 1.82) is 0 Å². The fourth-order valence-electron chi connectivity index (χ4n) is 2.45. The van der Waals surface area contributed by atoms with Crippen LogP contribution in [0.2, 0.25) is 0 Å². The van der Waals surface area contributed by atoms with Crippen molar-refractivity contribution in [1.82, 2.24) is 25.5 Å². The molecule has 4 rings (SSSR count). The Balaban J connectivity index is 1.42. The lowest BCUT2D eigenvalue weighted by molar-refractivity contribution is -0.137. The third kappa shape index (κ3) is 3.01. The Hall–Kier alpha value is -3.42. The number of ether oxygens (including phenoxy) is 2. The molecule has 1 aromatic carbocycles. The standard InChI is InChI=1S/C17H15N5O3/c1-10(14-20-15(22-21-14)11-5-4-8-18-9-11)19-16(23)17-24-12-6-2-3-7-13(12)25-17/h2-10,17H,1H3,(H,19,23)(H,20,21,22)/t10-/m1/s1. The molecule has 8 nitrogen and oxygen atoms in total. The van der Waals surface area contributed by atoms with E-state index in [1.54, 1.807) is 31.5 Å². The van der Waals surface area contributed by atoms with Gasteiger partial charge in [-0.05, 0) is 31.2 Å². The highest BCUT2D eigenvalue weighted by Gasteiger charge is 2.31. The number of carbonyl (C=O) groups is 1. The van der Waals surface area contributed by atoms with Gasteiger partial charge in [-0.15, -0.1) is 0 Å². The number of nitrogens with zero attached hydrogens (tertiary/aromatic N) is 3. The van der Waals surface area contributed by atoms with Crippen LogP contribution >= 0.6 is 0 Å². The zero-order chi connectivity index (χ0) is 17.2. The molecule has 0 saturated heterocycles. The number of nitrogens with one attached hydrogen (secondary N) is 2. The maximum absolute atomic E-state index is 12.3. The van der Waals surface area contributed by atoms with E-state index in [1.165, 1.54) is 0 Å². The zero-order valence-electron chi connectivity index (χ0n) is 13.3. The van der Waals surface area contributed by atoms with E-state index in [0.717, 1.165) is 5.56 Å². The van der Waals surface area contributed by atoms with Gasteiger partial charge in [0.25, 0.3) is 0 Å². The molecule has 1 aliphatic heterocycles. The number of rotatable bonds is 4. The predicted molar refractivity (Wildman–Crippen MR) is 87.7 cm³/mol. The van der Waals surface area contributed by atoms with Crippen molar-refractivity contribution in [2.75, 3.05) is 0 Å². The molecule has 0 bridgehead atoms. The number of pyridine rings is 1. The van der Waals surface area contributed by atoms with Crippen LogP contribution in [-0.2, 0) is 4.79 Å². The first-order chi connectivity index (χ1) is 12.2. The van der Waals surface area contributed by atoms with E-state index in [-0.39, 0.29) is 11.9 Å². The van der Waals surface area contributed by atoms with Crippen molar-refractivity contribution in [2.45, 2.75) is 19.3 Å². The van der Waals surface area contributed by atoms with Crippen LogP contribution in [-0.4, -0.2) is 32.4 Å². The number of carbonyl (C=O) groups excluding carboxylic acids is 1. The Bertz CT molecular complexity index is 871. The number of hydrogen-bond donors (Lipinski definition) is 2. The lowest BCUT2D eigenvalue weighted by Crippen LogP contribution is -2.41. The highest BCUT2D eigenvalue weighted by Crippen LogP contribution is 2.34. The predicted octanol–water partition coefficient (Wildman–Crippen LogP) is 1.84. The lowest BCUT2D eigenvalue weighted by atomic mass is 10.2. The van der Waals surface area contributed by atoms with E-state index in [1.807, 2.05) is 24.3 Å². The van der Waals surface area contributed by atoms with E-state index in [0.29, 0.717) is 23.1 Å². The third-order valence-corrected chi connectivity index (χ3v) is 3.72. The first kappa shape index (κ1) is 15.1. The molecule has 1 aliphatic rings. The number of hydrogen-bond acceptors (Lipinski definition) is 6. The summed E-state index contributed by atoms with van der Waals surface area (Å²) in [7, 11) is 0. The first-order valence-electron chi connectivity index (χ1n) is 7.76. The topological polar surface area (TPSA) is 102 Å². The fourth-order valence-corrected chi connectivity index (χ4v) is 2.45. The molecule has 0 saturated carbocycles. The van der Waals surface area contributed by atoms with Gasteiger partial charge in [-0.3, -0.25) is 14.9 Å². The molecular weight excluding hydrogens is 322 g/mol. The summed E-state index contributed by atoms with van der Waals surface area (Å²) in [5.41, 5.74) is 0.793. The summed E-state index contributed by atoms with van der Waals surface area (Å²) in [6.07, 6.45) is 2.34. The van der Waals surface area contributed by atoms with Crippen molar-refractivity contribution in [3.05, 3.63) is 54.6 Å². The van der Waals surface area contributed by atoms with Gasteiger partial charge in [0.2, 0.25) is 0 Å². The summed E-state index contributed by atoms with van der Waals surface area (Å²) in [6, 6.07) is 10.4. The maximum Gasteiger partial charge on any atom is 0.321 e. The molecule has 2 aromatic heterocycles. The smallest absolute Gasteiger partial charge is 0.321 e. The molecule has 25 heavy (non-hydrogen) atoms. The third-order valence-electron chi connectivity index (χ3n) is 3.72. The normalized spacial score (nSPS) is 14.3. The Morgan fingerprint density at radius 1 is 1.20 bits per heavy atom. The lowest BCUT2D eigenvalue weighted by Gasteiger charge is -2.14. The van der Waals surface area contributed by atoms with Gasteiger partial charge in [-0.1, -0.05) is 12.1 Å². The quantitative estimate of drug-likeness (QED) is 0.753. The van der Waals surface area contributed by atoms with Crippen molar-refractivity contribution in [2.24, 2.45) is 0 Å². The van der Waals surface area contributed by atoms with Gasteiger partial charge in [-0.25, -0.2) is 4.98 Å². The maximum atomic E-state index is 12.3. The van der Waals surface area contributed by atoms with Crippen LogP contribution in [0.5, 0.6) is 11.5 Å². The van der Waals surface area contributed by atoms with Gasteiger partial charge in [0, 0.05) is 18.0 Å². The number of fused-ring (bicyclic) bond motifs is 1. The summed E-state index contributed by atoms with van der Waals surface area (Å²) in [6.45, 7) is 1.80. The van der Waals surface area contributed by atoms with Crippen molar-refractivity contribution in [3.8, 4) is 22.9 Å². The molecule has 0 fully saturated rings. The van der Waals surface area contributed by atoms with E-state index < -0.39 is 6.29 Å². The molecule has 8 heteroatoms. The van der Waals surface area contributed by atoms with E-state index in [9.17, 15) is 4.79 Å². The summed E-state index contributed by atoms with van der Waals surface area (Å²) in [5, 5.41) is 9.79. The van der Waals surface area contributed by atoms with Gasteiger partial charge in [-0.2, -0.15) is 5.10 Å². The summed E-state index contributed by atoms with van der Waals surface area (Å²) >= 11 is 0. The first-order valence-corrected chi connectivity index (χ1v) is 7.76. The molecule has 0 unspecified atom stereocenters. The fraction of sp³-hybridized carbons (Fsp3) is 0.176. The van der Waals surface area contributed by atoms with Crippen molar-refractivity contribution >= 4 is 5.91 Å². The van der Waals surface area contributed by atoms with Crippen LogP contribution in [0.15, 0.2) is 48.8 Å². The minimum Gasteiger partial charge on any atom is -0.442 e. The second-order valence-electron chi connectivity index (χ2n) is 5.53.